The zero-order chi connectivity index (χ0) is 25.5. The largest absolute Gasteiger partial charge is 0.505 e. The van der Waals surface area contributed by atoms with Crippen LogP contribution < -0.4 is 0 Å². The van der Waals surface area contributed by atoms with Crippen molar-refractivity contribution in [2.24, 2.45) is 29.6 Å². The van der Waals surface area contributed by atoms with Gasteiger partial charge >= 0.3 is 6.16 Å². The van der Waals surface area contributed by atoms with Crippen molar-refractivity contribution in [3.8, 4) is 0 Å². The molecule has 0 aliphatic carbocycles. The summed E-state index contributed by atoms with van der Waals surface area (Å²) < 4.78 is 10.4. The Morgan fingerprint density at radius 3 is 2.00 bits per heavy atom. The second-order valence-electron chi connectivity index (χ2n) is 11.8. The predicted octanol–water partition coefficient (Wildman–Crippen LogP) is 8.08. The van der Waals surface area contributed by atoms with E-state index in [4.69, 9.17) is 9.84 Å². The maximum Gasteiger partial charge on any atom is 0.505 e. The van der Waals surface area contributed by atoms with E-state index >= 15 is 0 Å². The number of rotatable bonds is 21. The van der Waals surface area contributed by atoms with Crippen molar-refractivity contribution in [3.63, 3.8) is 0 Å². The highest BCUT2D eigenvalue weighted by atomic mass is 16.7. The SMILES string of the molecule is CCCC(C)C1OC1CC(C)CCCC(C)CC(C)CCCC(C)CCC(O)CCOC(=O)O. The minimum Gasteiger partial charge on any atom is -0.450 e. The van der Waals surface area contributed by atoms with Crippen molar-refractivity contribution >= 4 is 6.16 Å². The smallest absolute Gasteiger partial charge is 0.450 e. The molecule has 0 amide bonds. The first kappa shape index (κ1) is 31.2. The molecule has 0 aromatic rings. The molecule has 0 radical (unpaired) electrons. The molecule has 1 aliphatic rings. The fourth-order valence-electron chi connectivity index (χ4n) is 5.58. The van der Waals surface area contributed by atoms with Gasteiger partial charge in [-0.2, -0.15) is 0 Å². The number of carbonyl (C=O) groups is 1. The molecule has 202 valence electrons. The van der Waals surface area contributed by atoms with Gasteiger partial charge in [0.2, 0.25) is 0 Å². The lowest BCUT2D eigenvalue weighted by atomic mass is 9.87. The Balaban J connectivity index is 2.02. The first-order valence-corrected chi connectivity index (χ1v) is 14.3. The van der Waals surface area contributed by atoms with E-state index in [0.717, 1.165) is 36.5 Å². The zero-order valence-corrected chi connectivity index (χ0v) is 23.1. The molecule has 0 aromatic heterocycles. The van der Waals surface area contributed by atoms with Crippen LogP contribution >= 0.6 is 0 Å². The highest BCUT2D eigenvalue weighted by Crippen LogP contribution is 2.37. The lowest BCUT2D eigenvalue weighted by Crippen LogP contribution is -2.13. The molecule has 2 N–H and O–H groups in total. The molecule has 0 saturated carbocycles. The van der Waals surface area contributed by atoms with Crippen molar-refractivity contribution < 1.29 is 24.5 Å². The van der Waals surface area contributed by atoms with Crippen LogP contribution in [0.25, 0.3) is 0 Å². The normalized spacial score (nSPS) is 23.0. The first-order valence-electron chi connectivity index (χ1n) is 14.3. The molecule has 8 unspecified atom stereocenters. The van der Waals surface area contributed by atoms with E-state index in [1.165, 1.54) is 64.2 Å². The molecule has 1 aliphatic heterocycles. The minimum absolute atomic E-state index is 0.0766. The van der Waals surface area contributed by atoms with Crippen LogP contribution in [0.15, 0.2) is 0 Å². The molecule has 5 heteroatoms. The van der Waals surface area contributed by atoms with Gasteiger partial charge in [0.15, 0.2) is 0 Å². The zero-order valence-electron chi connectivity index (χ0n) is 23.1. The quantitative estimate of drug-likeness (QED) is 0.127. The minimum atomic E-state index is -1.27. The van der Waals surface area contributed by atoms with Crippen LogP contribution in [0.3, 0.4) is 0 Å². The van der Waals surface area contributed by atoms with Crippen LogP contribution in [0, 0.1) is 29.6 Å². The molecule has 1 rings (SSSR count). The Labute approximate surface area is 210 Å². The van der Waals surface area contributed by atoms with Gasteiger partial charge in [-0.25, -0.2) is 4.79 Å². The molecule has 0 spiro atoms. The van der Waals surface area contributed by atoms with E-state index in [1.807, 2.05) is 0 Å². The summed E-state index contributed by atoms with van der Waals surface area (Å²) in [6.07, 6.45) is 14.3. The number of ether oxygens (including phenoxy) is 2. The van der Waals surface area contributed by atoms with Gasteiger partial charge in [0.1, 0.15) is 0 Å². The molecular formula is C29H56O5. The number of epoxide rings is 1. The molecule has 1 saturated heterocycles. The summed E-state index contributed by atoms with van der Waals surface area (Å²) in [6.45, 7) is 14.2. The van der Waals surface area contributed by atoms with Gasteiger partial charge in [0.25, 0.3) is 0 Å². The monoisotopic (exact) mass is 484 g/mol. The van der Waals surface area contributed by atoms with Crippen LogP contribution in [0.1, 0.15) is 125 Å². The molecule has 34 heavy (non-hydrogen) atoms. The van der Waals surface area contributed by atoms with Crippen LogP contribution in [0.5, 0.6) is 0 Å². The molecule has 0 aromatic carbocycles. The van der Waals surface area contributed by atoms with Crippen molar-refractivity contribution in [2.45, 2.75) is 143 Å². The van der Waals surface area contributed by atoms with Crippen molar-refractivity contribution in [1.82, 2.24) is 0 Å². The summed E-state index contributed by atoms with van der Waals surface area (Å²) >= 11 is 0. The van der Waals surface area contributed by atoms with Gasteiger partial charge < -0.3 is 19.7 Å². The summed E-state index contributed by atoms with van der Waals surface area (Å²) in [6, 6.07) is 0. The Morgan fingerprint density at radius 2 is 1.41 bits per heavy atom. The lowest BCUT2D eigenvalue weighted by molar-refractivity contribution is 0.0671. The third kappa shape index (κ3) is 15.2. The summed E-state index contributed by atoms with van der Waals surface area (Å²) in [5, 5.41) is 18.4. The molecule has 1 fully saturated rings. The van der Waals surface area contributed by atoms with E-state index in [2.05, 4.69) is 46.3 Å². The highest BCUT2D eigenvalue weighted by molar-refractivity contribution is 5.56. The number of hydrogen-bond acceptors (Lipinski definition) is 4. The van der Waals surface area contributed by atoms with Crippen molar-refractivity contribution in [1.29, 1.82) is 0 Å². The molecular weight excluding hydrogens is 428 g/mol. The van der Waals surface area contributed by atoms with Crippen LogP contribution in [-0.4, -0.2) is 41.3 Å². The summed E-state index contributed by atoms with van der Waals surface area (Å²) in [5.41, 5.74) is 0. The standard InChI is InChI=1S/C29H56O5/c1-7-10-25(6)28-27(34-28)20-24(5)14-9-13-23(4)19-22(3)12-8-11-21(2)15-16-26(30)17-18-33-29(31)32/h21-28,30H,7-20H2,1-6H3,(H,31,32). The fourth-order valence-corrected chi connectivity index (χ4v) is 5.58. The maximum atomic E-state index is 10.3. The van der Waals surface area contributed by atoms with Gasteiger partial charge in [-0.3, -0.25) is 0 Å². The van der Waals surface area contributed by atoms with Gasteiger partial charge in [-0.15, -0.1) is 0 Å². The first-order chi connectivity index (χ1) is 16.1. The number of carboxylic acid groups (broad SMARTS) is 1. The number of hydrogen-bond donors (Lipinski definition) is 2. The van der Waals surface area contributed by atoms with Crippen LogP contribution in [0.4, 0.5) is 4.79 Å². The van der Waals surface area contributed by atoms with Crippen LogP contribution in [-0.2, 0) is 9.47 Å². The number of aliphatic hydroxyl groups excluding tert-OH is 1. The topological polar surface area (TPSA) is 79.3 Å². The second kappa shape index (κ2) is 17.6. The Kier molecular flexibility index (Phi) is 16.2. The number of aliphatic hydroxyl groups is 1. The molecule has 5 nitrogen and oxygen atoms in total. The summed E-state index contributed by atoms with van der Waals surface area (Å²) in [4.78, 5) is 10.3. The fraction of sp³-hybridized carbons (Fsp3) is 0.966. The highest BCUT2D eigenvalue weighted by Gasteiger charge is 2.42. The van der Waals surface area contributed by atoms with Crippen LogP contribution in [0.2, 0.25) is 0 Å². The average Bonchev–Trinajstić information content (AvgIpc) is 3.51. The van der Waals surface area contributed by atoms with Crippen molar-refractivity contribution in [3.05, 3.63) is 0 Å². The van der Waals surface area contributed by atoms with Crippen molar-refractivity contribution in [2.75, 3.05) is 6.61 Å². The molecule has 1 heterocycles. The van der Waals surface area contributed by atoms with E-state index in [1.54, 1.807) is 0 Å². The van der Waals surface area contributed by atoms with E-state index in [0.29, 0.717) is 24.5 Å². The van der Waals surface area contributed by atoms with Gasteiger partial charge in [0, 0.05) is 6.42 Å². The Morgan fingerprint density at radius 1 is 0.824 bits per heavy atom. The van der Waals surface area contributed by atoms with Gasteiger partial charge in [-0.05, 0) is 61.7 Å². The third-order valence-corrected chi connectivity index (χ3v) is 7.82. The Bertz CT molecular complexity index is 525. The summed E-state index contributed by atoms with van der Waals surface area (Å²) in [5.74, 6) is 3.68. The predicted molar refractivity (Wildman–Crippen MR) is 140 cm³/mol. The summed E-state index contributed by atoms with van der Waals surface area (Å²) in [7, 11) is 0. The van der Waals surface area contributed by atoms with E-state index < -0.39 is 12.3 Å². The maximum absolute atomic E-state index is 10.3. The lowest BCUT2D eigenvalue weighted by Gasteiger charge is -2.19. The van der Waals surface area contributed by atoms with E-state index in [9.17, 15) is 9.90 Å². The third-order valence-electron chi connectivity index (χ3n) is 7.82. The van der Waals surface area contributed by atoms with Gasteiger partial charge in [-0.1, -0.05) is 86.5 Å². The molecule has 8 atom stereocenters. The Hall–Kier alpha value is -0.810. The van der Waals surface area contributed by atoms with Gasteiger partial charge in [0.05, 0.1) is 24.9 Å². The molecule has 0 bridgehead atoms. The average molecular weight is 485 g/mol. The van der Waals surface area contributed by atoms with E-state index in [-0.39, 0.29) is 6.61 Å². The second-order valence-corrected chi connectivity index (χ2v) is 11.8.